The lowest BCUT2D eigenvalue weighted by molar-refractivity contribution is 0.415. The lowest BCUT2D eigenvalue weighted by Gasteiger charge is -2.10. The number of ether oxygens (including phenoxy) is 1. The van der Waals surface area contributed by atoms with Crippen LogP contribution in [0.3, 0.4) is 0 Å². The minimum atomic E-state index is -3.94. The van der Waals surface area contributed by atoms with Crippen molar-refractivity contribution < 1.29 is 17.5 Å². The van der Waals surface area contributed by atoms with E-state index in [-0.39, 0.29) is 10.6 Å². The van der Waals surface area contributed by atoms with Gasteiger partial charge in [-0.2, -0.15) is 0 Å². The van der Waals surface area contributed by atoms with Gasteiger partial charge < -0.3 is 10.5 Å². The van der Waals surface area contributed by atoms with E-state index in [1.165, 1.54) is 25.3 Å². The number of nitrogens with one attached hydrogen (secondary N) is 1. The highest BCUT2D eigenvalue weighted by Gasteiger charge is 2.18. The molecule has 7 heteroatoms. The molecule has 0 aliphatic rings. The van der Waals surface area contributed by atoms with Crippen LogP contribution in [0.1, 0.15) is 0 Å². The Kier molecular flexibility index (Phi) is 3.80. The fourth-order valence-electron chi connectivity index (χ4n) is 1.61. The number of methoxy groups -OCH3 is 1. The van der Waals surface area contributed by atoms with Gasteiger partial charge >= 0.3 is 0 Å². The number of hydrogen-bond acceptors (Lipinski definition) is 4. The van der Waals surface area contributed by atoms with E-state index < -0.39 is 15.8 Å². The Morgan fingerprint density at radius 3 is 2.40 bits per heavy atom. The fourth-order valence-corrected chi connectivity index (χ4v) is 2.81. The van der Waals surface area contributed by atoms with E-state index in [1.54, 1.807) is 12.1 Å². The van der Waals surface area contributed by atoms with Gasteiger partial charge in [-0.1, -0.05) is 0 Å². The molecule has 0 radical (unpaired) electrons. The summed E-state index contributed by atoms with van der Waals surface area (Å²) in [5.74, 6) is -0.0764. The van der Waals surface area contributed by atoms with Crippen LogP contribution in [-0.4, -0.2) is 15.5 Å². The van der Waals surface area contributed by atoms with Gasteiger partial charge in [0.1, 0.15) is 16.5 Å². The lowest BCUT2D eigenvalue weighted by atomic mass is 10.3. The zero-order valence-corrected chi connectivity index (χ0v) is 11.4. The van der Waals surface area contributed by atoms with Gasteiger partial charge in [0.15, 0.2) is 0 Å². The van der Waals surface area contributed by atoms with Crippen LogP contribution in [0.25, 0.3) is 0 Å². The Morgan fingerprint density at radius 2 is 1.80 bits per heavy atom. The van der Waals surface area contributed by atoms with Gasteiger partial charge in [-0.15, -0.1) is 0 Å². The first-order valence-corrected chi connectivity index (χ1v) is 7.12. The summed E-state index contributed by atoms with van der Waals surface area (Å²) >= 11 is 0. The lowest BCUT2D eigenvalue weighted by Crippen LogP contribution is -2.15. The summed E-state index contributed by atoms with van der Waals surface area (Å²) < 4.78 is 44.7. The van der Waals surface area contributed by atoms with Gasteiger partial charge in [-0.3, -0.25) is 4.72 Å². The monoisotopic (exact) mass is 296 g/mol. The maximum absolute atomic E-state index is 13.2. The molecule has 0 unspecified atom stereocenters. The standard InChI is InChI=1S/C13H13FN2O3S/c1-19-11-5-3-10(4-6-11)16-20(17,18)13-8-9(14)2-7-12(13)15/h2-8,16H,15H2,1H3. The molecule has 0 atom stereocenters. The van der Waals surface area contributed by atoms with Gasteiger partial charge in [-0.05, 0) is 42.5 Å². The minimum Gasteiger partial charge on any atom is -0.497 e. The molecule has 0 heterocycles. The van der Waals surface area contributed by atoms with Crippen molar-refractivity contribution >= 4 is 21.4 Å². The van der Waals surface area contributed by atoms with Crippen molar-refractivity contribution in [1.29, 1.82) is 0 Å². The number of nitrogen functional groups attached to an aromatic ring is 1. The van der Waals surface area contributed by atoms with Crippen LogP contribution in [0.4, 0.5) is 15.8 Å². The third-order valence-electron chi connectivity index (χ3n) is 2.61. The maximum atomic E-state index is 13.2. The molecular weight excluding hydrogens is 283 g/mol. The van der Waals surface area contributed by atoms with Crippen LogP contribution in [-0.2, 0) is 10.0 Å². The Hall–Kier alpha value is -2.28. The summed E-state index contributed by atoms with van der Waals surface area (Å²) in [6.07, 6.45) is 0. The van der Waals surface area contributed by atoms with Crippen molar-refractivity contribution in [1.82, 2.24) is 0 Å². The first-order chi connectivity index (χ1) is 9.42. The second-order valence-corrected chi connectivity index (χ2v) is 5.67. The molecule has 5 nitrogen and oxygen atoms in total. The minimum absolute atomic E-state index is 0.0209. The number of nitrogens with two attached hydrogens (primary N) is 1. The summed E-state index contributed by atoms with van der Waals surface area (Å²) in [6.45, 7) is 0. The van der Waals surface area contributed by atoms with Crippen LogP contribution in [0.5, 0.6) is 5.75 Å². The van der Waals surface area contributed by atoms with E-state index in [9.17, 15) is 12.8 Å². The number of anilines is 2. The Balaban J connectivity index is 2.32. The molecule has 0 saturated carbocycles. The van der Waals surface area contributed by atoms with Gasteiger partial charge in [-0.25, -0.2) is 12.8 Å². The second-order valence-electron chi connectivity index (χ2n) is 4.02. The third-order valence-corrected chi connectivity index (χ3v) is 4.04. The van der Waals surface area contributed by atoms with Crippen molar-refractivity contribution in [2.75, 3.05) is 17.6 Å². The molecular formula is C13H13FN2O3S. The smallest absolute Gasteiger partial charge is 0.264 e. The molecule has 0 aliphatic carbocycles. The van der Waals surface area contributed by atoms with Crippen LogP contribution in [0.2, 0.25) is 0 Å². The van der Waals surface area contributed by atoms with Gasteiger partial charge in [0, 0.05) is 5.69 Å². The molecule has 0 aliphatic heterocycles. The Morgan fingerprint density at radius 1 is 1.15 bits per heavy atom. The van der Waals surface area contributed by atoms with Crippen LogP contribution >= 0.6 is 0 Å². The van der Waals surface area contributed by atoms with E-state index in [2.05, 4.69) is 4.72 Å². The Labute approximate surface area is 116 Å². The molecule has 0 aromatic heterocycles. The Bertz CT molecular complexity index is 715. The molecule has 2 rings (SSSR count). The average molecular weight is 296 g/mol. The fraction of sp³-hybridized carbons (Fsp3) is 0.0769. The summed E-state index contributed by atoms with van der Waals surface area (Å²) in [5, 5.41) is 0. The molecule has 3 N–H and O–H groups in total. The zero-order chi connectivity index (χ0) is 14.8. The highest BCUT2D eigenvalue weighted by molar-refractivity contribution is 7.92. The van der Waals surface area contributed by atoms with E-state index in [1.807, 2.05) is 0 Å². The molecule has 0 fully saturated rings. The highest BCUT2D eigenvalue weighted by Crippen LogP contribution is 2.23. The number of sulfonamides is 1. The number of rotatable bonds is 4. The van der Waals surface area contributed by atoms with Gasteiger partial charge in [0.05, 0.1) is 12.8 Å². The van der Waals surface area contributed by atoms with Crippen molar-refractivity contribution in [3.05, 3.63) is 48.3 Å². The largest absolute Gasteiger partial charge is 0.497 e. The molecule has 2 aromatic carbocycles. The van der Waals surface area contributed by atoms with E-state index in [0.717, 1.165) is 12.1 Å². The predicted molar refractivity (Wildman–Crippen MR) is 74.6 cm³/mol. The number of benzene rings is 2. The first-order valence-electron chi connectivity index (χ1n) is 5.64. The summed E-state index contributed by atoms with van der Waals surface area (Å²) in [5.41, 5.74) is 5.88. The highest BCUT2D eigenvalue weighted by atomic mass is 32.2. The van der Waals surface area contributed by atoms with E-state index >= 15 is 0 Å². The van der Waals surface area contributed by atoms with Crippen LogP contribution in [0, 0.1) is 5.82 Å². The second kappa shape index (κ2) is 5.38. The summed E-state index contributed by atoms with van der Waals surface area (Å²) in [7, 11) is -2.44. The first kappa shape index (κ1) is 14.1. The average Bonchev–Trinajstić information content (AvgIpc) is 2.42. The molecule has 106 valence electrons. The molecule has 0 spiro atoms. The summed E-state index contributed by atoms with van der Waals surface area (Å²) in [6, 6.07) is 9.46. The van der Waals surface area contributed by atoms with Crippen molar-refractivity contribution in [3.8, 4) is 5.75 Å². The van der Waals surface area contributed by atoms with Crippen molar-refractivity contribution in [2.45, 2.75) is 4.90 Å². The SMILES string of the molecule is COc1ccc(NS(=O)(=O)c2cc(F)ccc2N)cc1. The normalized spacial score (nSPS) is 11.1. The molecule has 0 saturated heterocycles. The van der Waals surface area contributed by atoms with Gasteiger partial charge in [0.25, 0.3) is 10.0 Å². The predicted octanol–water partition coefficient (Wildman–Crippen LogP) is 2.22. The van der Waals surface area contributed by atoms with Crippen LogP contribution < -0.4 is 15.2 Å². The number of hydrogen-bond donors (Lipinski definition) is 2. The zero-order valence-electron chi connectivity index (χ0n) is 10.6. The van der Waals surface area contributed by atoms with Crippen molar-refractivity contribution in [2.24, 2.45) is 0 Å². The van der Waals surface area contributed by atoms with E-state index in [0.29, 0.717) is 11.4 Å². The maximum Gasteiger partial charge on any atom is 0.264 e. The van der Waals surface area contributed by atoms with Crippen molar-refractivity contribution in [3.63, 3.8) is 0 Å². The third kappa shape index (κ3) is 3.00. The molecule has 0 amide bonds. The topological polar surface area (TPSA) is 81.4 Å². The van der Waals surface area contributed by atoms with Crippen LogP contribution in [0.15, 0.2) is 47.4 Å². The number of halogens is 1. The molecule has 20 heavy (non-hydrogen) atoms. The molecule has 0 bridgehead atoms. The van der Waals surface area contributed by atoms with Gasteiger partial charge in [0.2, 0.25) is 0 Å². The summed E-state index contributed by atoms with van der Waals surface area (Å²) in [4.78, 5) is -0.298. The quantitative estimate of drug-likeness (QED) is 0.848. The van der Waals surface area contributed by atoms with E-state index in [4.69, 9.17) is 10.5 Å². The molecule has 2 aromatic rings.